The third-order valence-electron chi connectivity index (χ3n) is 2.06. The third-order valence-corrected chi connectivity index (χ3v) is 3.67. The number of nitrogens with zero attached hydrogens (tertiary/aromatic N) is 1. The molecule has 1 aliphatic rings. The van der Waals surface area contributed by atoms with Crippen LogP contribution in [-0.4, -0.2) is 51.1 Å². The summed E-state index contributed by atoms with van der Waals surface area (Å²) >= 11 is 0. The van der Waals surface area contributed by atoms with Crippen LogP contribution in [0.25, 0.3) is 0 Å². The SMILES string of the molecule is [O]C/C=C/CN1CCS(=O)(=O)CC1. The van der Waals surface area contributed by atoms with Crippen molar-refractivity contribution in [1.82, 2.24) is 4.90 Å². The predicted molar refractivity (Wildman–Crippen MR) is 49.8 cm³/mol. The molecule has 0 N–H and O–H groups in total. The monoisotopic (exact) mass is 204 g/mol. The topological polar surface area (TPSA) is 57.3 Å². The molecule has 0 amide bonds. The Hall–Kier alpha value is -0.390. The summed E-state index contributed by atoms with van der Waals surface area (Å²) in [5, 5.41) is 10.1. The van der Waals surface area contributed by atoms with Crippen molar-refractivity contribution < 1.29 is 13.5 Å². The second-order valence-corrected chi connectivity index (χ2v) is 5.39. The van der Waals surface area contributed by atoms with Crippen LogP contribution in [0.5, 0.6) is 0 Å². The predicted octanol–water partition coefficient (Wildman–Crippen LogP) is -0.296. The van der Waals surface area contributed by atoms with Crippen LogP contribution in [-0.2, 0) is 14.9 Å². The highest BCUT2D eigenvalue weighted by atomic mass is 32.2. The van der Waals surface area contributed by atoms with Gasteiger partial charge in [-0.05, 0) is 0 Å². The zero-order valence-corrected chi connectivity index (χ0v) is 8.29. The minimum atomic E-state index is -2.77. The quantitative estimate of drug-likeness (QED) is 0.593. The largest absolute Gasteiger partial charge is 0.298 e. The van der Waals surface area contributed by atoms with Crippen LogP contribution in [0.15, 0.2) is 12.2 Å². The van der Waals surface area contributed by atoms with Crippen LogP contribution in [0.2, 0.25) is 0 Å². The zero-order chi connectivity index (χ0) is 9.73. The second-order valence-electron chi connectivity index (χ2n) is 3.09. The number of sulfone groups is 1. The Morgan fingerprint density at radius 1 is 1.15 bits per heavy atom. The van der Waals surface area contributed by atoms with Gasteiger partial charge in [-0.25, -0.2) is 13.5 Å². The molecule has 0 aromatic carbocycles. The molecule has 0 bridgehead atoms. The number of hydrogen-bond acceptors (Lipinski definition) is 3. The highest BCUT2D eigenvalue weighted by Gasteiger charge is 2.20. The van der Waals surface area contributed by atoms with E-state index in [2.05, 4.69) is 0 Å². The van der Waals surface area contributed by atoms with E-state index < -0.39 is 9.84 Å². The lowest BCUT2D eigenvalue weighted by Gasteiger charge is -2.24. The molecule has 75 valence electrons. The maximum atomic E-state index is 11.0. The van der Waals surface area contributed by atoms with Crippen LogP contribution < -0.4 is 0 Å². The van der Waals surface area contributed by atoms with Gasteiger partial charge >= 0.3 is 0 Å². The molecular weight excluding hydrogens is 190 g/mol. The van der Waals surface area contributed by atoms with Crippen LogP contribution in [0, 0.1) is 0 Å². The molecule has 0 aromatic rings. The lowest BCUT2D eigenvalue weighted by Crippen LogP contribution is -2.40. The van der Waals surface area contributed by atoms with E-state index in [1.807, 2.05) is 4.90 Å². The molecule has 0 unspecified atom stereocenters. The fourth-order valence-corrected chi connectivity index (χ4v) is 2.50. The van der Waals surface area contributed by atoms with E-state index in [-0.39, 0.29) is 18.1 Å². The van der Waals surface area contributed by atoms with Crippen LogP contribution in [0.3, 0.4) is 0 Å². The summed E-state index contributed by atoms with van der Waals surface area (Å²) in [6.45, 7) is 1.67. The van der Waals surface area contributed by atoms with Gasteiger partial charge in [-0.1, -0.05) is 12.2 Å². The van der Waals surface area contributed by atoms with Crippen molar-refractivity contribution in [2.75, 3.05) is 37.7 Å². The Bertz CT molecular complexity index is 257. The van der Waals surface area contributed by atoms with Gasteiger partial charge in [-0.3, -0.25) is 4.90 Å². The second kappa shape index (κ2) is 4.74. The smallest absolute Gasteiger partial charge is 0.152 e. The zero-order valence-electron chi connectivity index (χ0n) is 7.48. The van der Waals surface area contributed by atoms with E-state index in [4.69, 9.17) is 0 Å². The Balaban J connectivity index is 2.29. The summed E-state index contributed by atoms with van der Waals surface area (Å²) in [5.41, 5.74) is 0. The maximum Gasteiger partial charge on any atom is 0.152 e. The summed E-state index contributed by atoms with van der Waals surface area (Å²) in [6, 6.07) is 0. The lowest BCUT2D eigenvalue weighted by atomic mass is 10.4. The fraction of sp³-hybridized carbons (Fsp3) is 0.750. The lowest BCUT2D eigenvalue weighted by molar-refractivity contribution is 0.231. The summed E-state index contributed by atoms with van der Waals surface area (Å²) in [7, 11) is -2.77. The molecule has 0 aromatic heterocycles. The van der Waals surface area contributed by atoms with Gasteiger partial charge in [0.2, 0.25) is 0 Å². The van der Waals surface area contributed by atoms with E-state index in [1.54, 1.807) is 12.2 Å². The molecule has 1 fully saturated rings. The van der Waals surface area contributed by atoms with E-state index >= 15 is 0 Å². The molecule has 5 heteroatoms. The standard InChI is InChI=1S/C8H14NO3S/c10-6-2-1-3-9-4-7-13(11,12)8-5-9/h1-2H,3-8H2/b2-1+. The van der Waals surface area contributed by atoms with E-state index in [1.165, 1.54) is 0 Å². The van der Waals surface area contributed by atoms with Crippen molar-refractivity contribution in [3.63, 3.8) is 0 Å². The first-order chi connectivity index (χ1) is 6.14. The summed E-state index contributed by atoms with van der Waals surface area (Å²) in [4.78, 5) is 2.03. The van der Waals surface area contributed by atoms with Gasteiger partial charge in [0, 0.05) is 19.6 Å². The summed E-state index contributed by atoms with van der Waals surface area (Å²) in [5.74, 6) is 0.496. The number of rotatable bonds is 3. The molecule has 0 saturated carbocycles. The van der Waals surface area contributed by atoms with Crippen molar-refractivity contribution in [3.8, 4) is 0 Å². The Morgan fingerprint density at radius 3 is 2.31 bits per heavy atom. The van der Waals surface area contributed by atoms with E-state index in [9.17, 15) is 13.5 Å². The van der Waals surface area contributed by atoms with Crippen molar-refractivity contribution in [2.24, 2.45) is 0 Å². The van der Waals surface area contributed by atoms with Crippen LogP contribution >= 0.6 is 0 Å². The highest BCUT2D eigenvalue weighted by molar-refractivity contribution is 7.91. The summed E-state index contributed by atoms with van der Waals surface area (Å²) < 4.78 is 22.1. The van der Waals surface area contributed by atoms with Crippen LogP contribution in [0.4, 0.5) is 0 Å². The van der Waals surface area contributed by atoms with Crippen molar-refractivity contribution in [3.05, 3.63) is 12.2 Å². The molecule has 0 spiro atoms. The first-order valence-electron chi connectivity index (χ1n) is 4.30. The van der Waals surface area contributed by atoms with Gasteiger partial charge in [0.1, 0.15) is 6.61 Å². The van der Waals surface area contributed by atoms with Crippen molar-refractivity contribution in [1.29, 1.82) is 0 Å². The molecule has 0 atom stereocenters. The van der Waals surface area contributed by atoms with Gasteiger partial charge in [-0.15, -0.1) is 0 Å². The van der Waals surface area contributed by atoms with E-state index in [0.29, 0.717) is 19.6 Å². The minimum Gasteiger partial charge on any atom is -0.298 e. The normalized spacial score (nSPS) is 23.8. The van der Waals surface area contributed by atoms with Crippen molar-refractivity contribution in [2.45, 2.75) is 0 Å². The van der Waals surface area contributed by atoms with E-state index in [0.717, 1.165) is 0 Å². The molecular formula is C8H14NO3S. The highest BCUT2D eigenvalue weighted by Crippen LogP contribution is 2.02. The molecule has 1 rings (SSSR count). The maximum absolute atomic E-state index is 11.0. The van der Waals surface area contributed by atoms with Gasteiger partial charge < -0.3 is 0 Å². The summed E-state index contributed by atoms with van der Waals surface area (Å²) in [6.07, 6.45) is 3.36. The minimum absolute atomic E-state index is 0.202. The number of hydrogen-bond donors (Lipinski definition) is 0. The first-order valence-corrected chi connectivity index (χ1v) is 6.12. The molecule has 1 saturated heterocycles. The molecule has 13 heavy (non-hydrogen) atoms. The van der Waals surface area contributed by atoms with Gasteiger partial charge in [-0.2, -0.15) is 0 Å². The average molecular weight is 204 g/mol. The van der Waals surface area contributed by atoms with Crippen molar-refractivity contribution >= 4 is 9.84 Å². The van der Waals surface area contributed by atoms with Gasteiger partial charge in [0.25, 0.3) is 0 Å². The Labute approximate surface area is 78.8 Å². The Kier molecular flexibility index (Phi) is 3.90. The molecule has 1 heterocycles. The van der Waals surface area contributed by atoms with Gasteiger partial charge in [0.15, 0.2) is 9.84 Å². The third kappa shape index (κ3) is 3.89. The van der Waals surface area contributed by atoms with Gasteiger partial charge in [0.05, 0.1) is 11.5 Å². The fourth-order valence-electron chi connectivity index (χ4n) is 1.22. The van der Waals surface area contributed by atoms with Crippen LogP contribution in [0.1, 0.15) is 0 Å². The first kappa shape index (κ1) is 10.7. The average Bonchev–Trinajstić information content (AvgIpc) is 2.08. The Morgan fingerprint density at radius 2 is 1.77 bits per heavy atom. The molecule has 4 nitrogen and oxygen atoms in total. The molecule has 1 radical (unpaired) electrons. The molecule has 1 aliphatic heterocycles. The molecule has 0 aliphatic carbocycles.